The first-order chi connectivity index (χ1) is 7.20. The standard InChI is InChI=1S/C11H15FN2O/c1-11(5-3-7-14-11)8-15-10-9(12)4-2-6-13-10/h2,4,6,14H,3,5,7-8H2,1H3/t11-/m0/s1. The van der Waals surface area contributed by atoms with Crippen LogP contribution in [-0.2, 0) is 0 Å². The van der Waals surface area contributed by atoms with Crippen molar-refractivity contribution in [1.82, 2.24) is 10.3 Å². The normalized spacial score (nSPS) is 25.5. The van der Waals surface area contributed by atoms with E-state index in [1.807, 2.05) is 0 Å². The van der Waals surface area contributed by atoms with Crippen molar-refractivity contribution in [1.29, 1.82) is 0 Å². The highest BCUT2D eigenvalue weighted by Gasteiger charge is 2.29. The van der Waals surface area contributed by atoms with Gasteiger partial charge >= 0.3 is 0 Å². The summed E-state index contributed by atoms with van der Waals surface area (Å²) in [7, 11) is 0. The third-order valence-electron chi connectivity index (χ3n) is 2.71. The lowest BCUT2D eigenvalue weighted by atomic mass is 10.0. The van der Waals surface area contributed by atoms with Gasteiger partial charge in [0.05, 0.1) is 0 Å². The molecule has 1 aromatic heterocycles. The molecule has 0 spiro atoms. The number of pyridine rings is 1. The maximum atomic E-state index is 13.2. The van der Waals surface area contributed by atoms with Gasteiger partial charge in [-0.25, -0.2) is 9.37 Å². The molecular formula is C11H15FN2O. The Morgan fingerprint density at radius 2 is 2.53 bits per heavy atom. The summed E-state index contributed by atoms with van der Waals surface area (Å²) in [5, 5.41) is 3.35. The van der Waals surface area contributed by atoms with Gasteiger partial charge < -0.3 is 10.1 Å². The van der Waals surface area contributed by atoms with Crippen molar-refractivity contribution in [2.24, 2.45) is 0 Å². The minimum absolute atomic E-state index is 0.0377. The summed E-state index contributed by atoms with van der Waals surface area (Å²) in [6.07, 6.45) is 3.73. The van der Waals surface area contributed by atoms with E-state index in [9.17, 15) is 4.39 Å². The van der Waals surface area contributed by atoms with Crippen LogP contribution in [0.5, 0.6) is 5.88 Å². The predicted octanol–water partition coefficient (Wildman–Crippen LogP) is 1.74. The van der Waals surface area contributed by atoms with Crippen molar-refractivity contribution >= 4 is 0 Å². The van der Waals surface area contributed by atoms with Crippen LogP contribution < -0.4 is 10.1 Å². The Hall–Kier alpha value is -1.16. The lowest BCUT2D eigenvalue weighted by Crippen LogP contribution is -2.42. The van der Waals surface area contributed by atoms with Crippen LogP contribution in [0.2, 0.25) is 0 Å². The molecular weight excluding hydrogens is 195 g/mol. The van der Waals surface area contributed by atoms with Gasteiger partial charge in [0.25, 0.3) is 0 Å². The van der Waals surface area contributed by atoms with Crippen LogP contribution in [0.15, 0.2) is 18.3 Å². The molecule has 0 radical (unpaired) electrons. The Bertz CT molecular complexity index is 337. The van der Waals surface area contributed by atoms with Gasteiger partial charge in [0, 0.05) is 11.7 Å². The maximum absolute atomic E-state index is 13.2. The molecule has 82 valence electrons. The first kappa shape index (κ1) is 10.4. The van der Waals surface area contributed by atoms with E-state index < -0.39 is 5.82 Å². The highest BCUT2D eigenvalue weighted by molar-refractivity contribution is 5.13. The van der Waals surface area contributed by atoms with Gasteiger partial charge in [-0.2, -0.15) is 0 Å². The van der Waals surface area contributed by atoms with Crippen molar-refractivity contribution in [2.45, 2.75) is 25.3 Å². The van der Waals surface area contributed by atoms with Crippen LogP contribution in [0.25, 0.3) is 0 Å². The number of halogens is 1. The van der Waals surface area contributed by atoms with Gasteiger partial charge in [-0.1, -0.05) is 0 Å². The molecule has 1 aliphatic rings. The molecule has 0 bridgehead atoms. The molecule has 0 aromatic carbocycles. The summed E-state index contributed by atoms with van der Waals surface area (Å²) in [4.78, 5) is 3.85. The summed E-state index contributed by atoms with van der Waals surface area (Å²) >= 11 is 0. The number of nitrogens with zero attached hydrogens (tertiary/aromatic N) is 1. The van der Waals surface area contributed by atoms with Gasteiger partial charge in [-0.05, 0) is 38.4 Å². The molecule has 3 nitrogen and oxygen atoms in total. The van der Waals surface area contributed by atoms with E-state index in [2.05, 4.69) is 17.2 Å². The topological polar surface area (TPSA) is 34.1 Å². The van der Waals surface area contributed by atoms with E-state index in [-0.39, 0.29) is 11.4 Å². The molecule has 0 amide bonds. The Morgan fingerprint density at radius 3 is 3.20 bits per heavy atom. The van der Waals surface area contributed by atoms with E-state index in [0.29, 0.717) is 6.61 Å². The lowest BCUT2D eigenvalue weighted by molar-refractivity contribution is 0.198. The molecule has 1 aliphatic heterocycles. The number of nitrogens with one attached hydrogen (secondary N) is 1. The molecule has 1 fully saturated rings. The van der Waals surface area contributed by atoms with Crippen LogP contribution in [-0.4, -0.2) is 23.7 Å². The molecule has 1 atom stereocenters. The number of aromatic nitrogens is 1. The van der Waals surface area contributed by atoms with Crippen LogP contribution in [0.4, 0.5) is 4.39 Å². The second-order valence-corrected chi connectivity index (χ2v) is 4.17. The molecule has 1 saturated heterocycles. The smallest absolute Gasteiger partial charge is 0.250 e. The molecule has 2 rings (SSSR count). The second kappa shape index (κ2) is 4.14. The monoisotopic (exact) mass is 210 g/mol. The summed E-state index contributed by atoms with van der Waals surface area (Å²) < 4.78 is 18.6. The molecule has 1 N–H and O–H groups in total. The summed E-state index contributed by atoms with van der Waals surface area (Å²) in [6, 6.07) is 2.91. The fourth-order valence-corrected chi connectivity index (χ4v) is 1.79. The Labute approximate surface area is 88.7 Å². The van der Waals surface area contributed by atoms with Crippen molar-refractivity contribution in [3.8, 4) is 5.88 Å². The zero-order chi connectivity index (χ0) is 10.7. The SMILES string of the molecule is C[C@@]1(COc2ncccc2F)CCCN1. The van der Waals surface area contributed by atoms with E-state index >= 15 is 0 Å². The second-order valence-electron chi connectivity index (χ2n) is 4.17. The molecule has 15 heavy (non-hydrogen) atoms. The van der Waals surface area contributed by atoms with Gasteiger partial charge in [-0.15, -0.1) is 0 Å². The Kier molecular flexibility index (Phi) is 2.86. The fraction of sp³-hybridized carbons (Fsp3) is 0.545. The number of ether oxygens (including phenoxy) is 1. The minimum atomic E-state index is -0.404. The average molecular weight is 210 g/mol. The third kappa shape index (κ3) is 2.45. The van der Waals surface area contributed by atoms with Gasteiger partial charge in [0.15, 0.2) is 5.82 Å². The first-order valence-electron chi connectivity index (χ1n) is 5.18. The molecule has 2 heterocycles. The van der Waals surface area contributed by atoms with Crippen LogP contribution >= 0.6 is 0 Å². The Balaban J connectivity index is 1.95. The van der Waals surface area contributed by atoms with Crippen LogP contribution in [0, 0.1) is 5.82 Å². The predicted molar refractivity (Wildman–Crippen MR) is 55.3 cm³/mol. The zero-order valence-corrected chi connectivity index (χ0v) is 8.79. The molecule has 0 unspecified atom stereocenters. The van der Waals surface area contributed by atoms with Gasteiger partial charge in [0.2, 0.25) is 5.88 Å². The lowest BCUT2D eigenvalue weighted by Gasteiger charge is -2.23. The Morgan fingerprint density at radius 1 is 1.67 bits per heavy atom. The number of rotatable bonds is 3. The van der Waals surface area contributed by atoms with E-state index in [0.717, 1.165) is 19.4 Å². The molecule has 0 saturated carbocycles. The summed E-state index contributed by atoms with van der Waals surface area (Å²) in [5.74, 6) is -0.313. The molecule has 4 heteroatoms. The van der Waals surface area contributed by atoms with Crippen LogP contribution in [0.3, 0.4) is 0 Å². The first-order valence-corrected chi connectivity index (χ1v) is 5.18. The largest absolute Gasteiger partial charge is 0.474 e. The number of hydrogen-bond donors (Lipinski definition) is 1. The van der Waals surface area contributed by atoms with E-state index in [1.54, 1.807) is 6.07 Å². The molecule has 0 aliphatic carbocycles. The van der Waals surface area contributed by atoms with Crippen LogP contribution in [0.1, 0.15) is 19.8 Å². The van der Waals surface area contributed by atoms with Crippen molar-refractivity contribution < 1.29 is 9.13 Å². The zero-order valence-electron chi connectivity index (χ0n) is 8.79. The minimum Gasteiger partial charge on any atom is -0.474 e. The maximum Gasteiger partial charge on any atom is 0.250 e. The highest BCUT2D eigenvalue weighted by atomic mass is 19.1. The highest BCUT2D eigenvalue weighted by Crippen LogP contribution is 2.20. The number of hydrogen-bond acceptors (Lipinski definition) is 3. The van der Waals surface area contributed by atoms with E-state index in [1.165, 1.54) is 12.3 Å². The molecule has 1 aromatic rings. The quantitative estimate of drug-likeness (QED) is 0.825. The van der Waals surface area contributed by atoms with Crippen molar-refractivity contribution in [2.75, 3.05) is 13.2 Å². The summed E-state index contributed by atoms with van der Waals surface area (Å²) in [6.45, 7) is 3.55. The fourth-order valence-electron chi connectivity index (χ4n) is 1.79. The van der Waals surface area contributed by atoms with Gasteiger partial charge in [0.1, 0.15) is 6.61 Å². The van der Waals surface area contributed by atoms with Crippen molar-refractivity contribution in [3.05, 3.63) is 24.1 Å². The summed E-state index contributed by atoms with van der Waals surface area (Å²) in [5.41, 5.74) is -0.0377. The van der Waals surface area contributed by atoms with E-state index in [4.69, 9.17) is 4.74 Å². The van der Waals surface area contributed by atoms with Gasteiger partial charge in [-0.3, -0.25) is 0 Å². The average Bonchev–Trinajstić information content (AvgIpc) is 2.65. The third-order valence-corrected chi connectivity index (χ3v) is 2.71. The van der Waals surface area contributed by atoms with Crippen molar-refractivity contribution in [3.63, 3.8) is 0 Å².